The number of nitrogens with zero attached hydrogens (tertiary/aromatic N) is 1. The third kappa shape index (κ3) is 1.54. The summed E-state index contributed by atoms with van der Waals surface area (Å²) in [6, 6.07) is 6.25. The number of rotatable bonds is 1. The molecule has 0 aliphatic rings. The maximum Gasteiger partial charge on any atom is 0.113 e. The second-order valence-electron chi connectivity index (χ2n) is 4.01. The molecule has 3 heteroatoms. The molecule has 80 valence electrons. The molecule has 1 nitrogen and oxygen atoms in total. The van der Waals surface area contributed by atoms with Crippen LogP contribution in [0.4, 0.5) is 0 Å². The first-order chi connectivity index (χ1) is 7.04. The first-order valence-corrected chi connectivity index (χ1v) is 5.74. The van der Waals surface area contributed by atoms with Crippen LogP contribution in [0.5, 0.6) is 0 Å². The van der Waals surface area contributed by atoms with E-state index in [-0.39, 0.29) is 0 Å². The van der Waals surface area contributed by atoms with Crippen molar-refractivity contribution in [1.82, 2.24) is 4.57 Å². The molecule has 0 spiro atoms. The molecule has 0 amide bonds. The zero-order chi connectivity index (χ0) is 11.2. The fourth-order valence-electron chi connectivity index (χ4n) is 1.98. The van der Waals surface area contributed by atoms with Crippen molar-refractivity contribution >= 4 is 34.1 Å². The van der Waals surface area contributed by atoms with E-state index in [9.17, 15) is 0 Å². The molecule has 0 saturated heterocycles. The van der Waals surface area contributed by atoms with Crippen LogP contribution in [0, 0.1) is 6.92 Å². The maximum absolute atomic E-state index is 6.31. The molecule has 1 aromatic heterocycles. The van der Waals surface area contributed by atoms with Crippen LogP contribution in [0.25, 0.3) is 10.9 Å². The Hall–Kier alpha value is -0.660. The molecule has 0 saturated carbocycles. The van der Waals surface area contributed by atoms with Gasteiger partial charge in [0.25, 0.3) is 0 Å². The van der Waals surface area contributed by atoms with E-state index < -0.39 is 0 Å². The second kappa shape index (κ2) is 3.73. The molecule has 0 bridgehead atoms. The van der Waals surface area contributed by atoms with Gasteiger partial charge in [-0.2, -0.15) is 0 Å². The van der Waals surface area contributed by atoms with Crippen molar-refractivity contribution < 1.29 is 0 Å². The van der Waals surface area contributed by atoms with Crippen molar-refractivity contribution in [3.8, 4) is 0 Å². The molecule has 0 aliphatic carbocycles. The number of hydrogen-bond acceptors (Lipinski definition) is 0. The van der Waals surface area contributed by atoms with Gasteiger partial charge in [-0.05, 0) is 38.5 Å². The standard InChI is InChI=1S/C12H13Cl2N/c1-7(2)15-10-6-4-5-9(13)11(10)8(3)12(15)14/h4-7H,1-3H3. The molecule has 2 aromatic rings. The van der Waals surface area contributed by atoms with Crippen molar-refractivity contribution in [2.75, 3.05) is 0 Å². The summed E-state index contributed by atoms with van der Waals surface area (Å²) in [7, 11) is 0. The van der Waals surface area contributed by atoms with E-state index in [0.717, 1.165) is 26.6 Å². The SMILES string of the molecule is Cc1c(Cl)n(C(C)C)c2cccc(Cl)c12. The minimum absolute atomic E-state index is 0.340. The highest BCUT2D eigenvalue weighted by molar-refractivity contribution is 6.38. The molecule has 0 atom stereocenters. The number of aromatic nitrogens is 1. The number of benzene rings is 1. The van der Waals surface area contributed by atoms with E-state index in [1.807, 2.05) is 19.1 Å². The van der Waals surface area contributed by atoms with Crippen LogP contribution >= 0.6 is 23.2 Å². The lowest BCUT2D eigenvalue weighted by atomic mass is 10.2. The van der Waals surface area contributed by atoms with E-state index in [4.69, 9.17) is 23.2 Å². The van der Waals surface area contributed by atoms with Gasteiger partial charge in [-0.1, -0.05) is 29.3 Å². The highest BCUT2D eigenvalue weighted by atomic mass is 35.5. The third-order valence-corrected chi connectivity index (χ3v) is 3.44. The number of halogens is 2. The summed E-state index contributed by atoms with van der Waals surface area (Å²) in [5.41, 5.74) is 2.17. The van der Waals surface area contributed by atoms with Gasteiger partial charge in [0.15, 0.2) is 0 Å². The Kier molecular flexibility index (Phi) is 2.70. The van der Waals surface area contributed by atoms with Gasteiger partial charge in [-0.3, -0.25) is 0 Å². The van der Waals surface area contributed by atoms with Crippen molar-refractivity contribution in [1.29, 1.82) is 0 Å². The Morgan fingerprint density at radius 1 is 1.20 bits per heavy atom. The summed E-state index contributed by atoms with van der Waals surface area (Å²) in [5, 5.41) is 2.62. The minimum atomic E-state index is 0.340. The van der Waals surface area contributed by atoms with Gasteiger partial charge in [-0.15, -0.1) is 0 Å². The van der Waals surface area contributed by atoms with Gasteiger partial charge in [0.1, 0.15) is 5.15 Å². The molecule has 0 unspecified atom stereocenters. The van der Waals surface area contributed by atoms with E-state index >= 15 is 0 Å². The predicted molar refractivity (Wildman–Crippen MR) is 67.1 cm³/mol. The lowest BCUT2D eigenvalue weighted by Crippen LogP contribution is -1.99. The molecular weight excluding hydrogens is 229 g/mol. The van der Waals surface area contributed by atoms with Crippen LogP contribution in [-0.4, -0.2) is 4.57 Å². The van der Waals surface area contributed by atoms with Crippen LogP contribution in [0.3, 0.4) is 0 Å². The summed E-state index contributed by atoms with van der Waals surface area (Å²) >= 11 is 12.5. The monoisotopic (exact) mass is 241 g/mol. The fourth-order valence-corrected chi connectivity index (χ4v) is 2.67. The first kappa shape index (κ1) is 10.8. The topological polar surface area (TPSA) is 4.93 Å². The van der Waals surface area contributed by atoms with E-state index in [0.29, 0.717) is 6.04 Å². The zero-order valence-electron chi connectivity index (χ0n) is 9.01. The fraction of sp³-hybridized carbons (Fsp3) is 0.333. The van der Waals surface area contributed by atoms with Crippen molar-refractivity contribution in [3.63, 3.8) is 0 Å². The first-order valence-electron chi connectivity index (χ1n) is 4.98. The minimum Gasteiger partial charge on any atom is -0.329 e. The molecule has 0 N–H and O–H groups in total. The zero-order valence-corrected chi connectivity index (χ0v) is 10.5. The van der Waals surface area contributed by atoms with Crippen LogP contribution in [0.2, 0.25) is 10.2 Å². The molecule has 0 radical (unpaired) electrons. The Labute approximate surface area is 99.6 Å². The van der Waals surface area contributed by atoms with Crippen LogP contribution < -0.4 is 0 Å². The quantitative estimate of drug-likeness (QED) is 0.674. The molecule has 15 heavy (non-hydrogen) atoms. The van der Waals surface area contributed by atoms with Crippen LogP contribution in [-0.2, 0) is 0 Å². The summed E-state index contributed by atoms with van der Waals surface area (Å²) < 4.78 is 2.11. The Bertz CT molecular complexity index is 512. The van der Waals surface area contributed by atoms with E-state index in [1.165, 1.54) is 0 Å². The smallest absolute Gasteiger partial charge is 0.113 e. The van der Waals surface area contributed by atoms with Crippen LogP contribution in [0.1, 0.15) is 25.5 Å². The molecule has 0 aliphatic heterocycles. The van der Waals surface area contributed by atoms with Gasteiger partial charge in [-0.25, -0.2) is 0 Å². The van der Waals surface area contributed by atoms with Gasteiger partial charge < -0.3 is 4.57 Å². The highest BCUT2D eigenvalue weighted by Crippen LogP contribution is 2.36. The Morgan fingerprint density at radius 3 is 2.47 bits per heavy atom. The number of aryl methyl sites for hydroxylation is 1. The molecular formula is C12H13Cl2N. The second-order valence-corrected chi connectivity index (χ2v) is 4.78. The van der Waals surface area contributed by atoms with E-state index in [1.54, 1.807) is 0 Å². The molecule has 0 fully saturated rings. The van der Waals surface area contributed by atoms with Gasteiger partial charge in [0.2, 0.25) is 0 Å². The highest BCUT2D eigenvalue weighted by Gasteiger charge is 2.15. The van der Waals surface area contributed by atoms with E-state index in [2.05, 4.69) is 24.5 Å². The van der Waals surface area contributed by atoms with Crippen LogP contribution in [0.15, 0.2) is 18.2 Å². The molecule has 1 aromatic carbocycles. The van der Waals surface area contributed by atoms with Crippen molar-refractivity contribution in [2.45, 2.75) is 26.8 Å². The molecule has 2 rings (SSSR count). The Balaban J connectivity index is 2.94. The van der Waals surface area contributed by atoms with Gasteiger partial charge >= 0.3 is 0 Å². The average Bonchev–Trinajstić information content (AvgIpc) is 2.41. The Morgan fingerprint density at radius 2 is 1.87 bits per heavy atom. The van der Waals surface area contributed by atoms with Gasteiger partial charge in [0.05, 0.1) is 10.5 Å². The maximum atomic E-state index is 6.31. The summed E-state index contributed by atoms with van der Waals surface area (Å²) in [6.07, 6.45) is 0. The largest absolute Gasteiger partial charge is 0.329 e. The summed E-state index contributed by atoms with van der Waals surface area (Å²) in [4.78, 5) is 0. The normalized spacial score (nSPS) is 11.6. The summed E-state index contributed by atoms with van der Waals surface area (Å²) in [6.45, 7) is 6.24. The van der Waals surface area contributed by atoms with Crippen molar-refractivity contribution in [2.24, 2.45) is 0 Å². The molecule has 1 heterocycles. The average molecular weight is 242 g/mol. The summed E-state index contributed by atoms with van der Waals surface area (Å²) in [5.74, 6) is 0. The number of hydrogen-bond donors (Lipinski definition) is 0. The lowest BCUT2D eigenvalue weighted by Gasteiger charge is -2.10. The lowest BCUT2D eigenvalue weighted by molar-refractivity contribution is 0.622. The van der Waals surface area contributed by atoms with Crippen molar-refractivity contribution in [3.05, 3.63) is 33.9 Å². The predicted octanol–water partition coefficient (Wildman–Crippen LogP) is 4.84. The van der Waals surface area contributed by atoms with Gasteiger partial charge in [0, 0.05) is 11.4 Å². The number of fused-ring (bicyclic) bond motifs is 1. The third-order valence-electron chi connectivity index (χ3n) is 2.66.